The van der Waals surface area contributed by atoms with Crippen LogP contribution in [0.1, 0.15) is 33.9 Å². The molecule has 0 bridgehead atoms. The minimum atomic E-state index is -0.290. The van der Waals surface area contributed by atoms with Gasteiger partial charge in [-0.2, -0.15) is 5.10 Å². The number of carbonyl (C=O) groups is 1. The van der Waals surface area contributed by atoms with E-state index in [2.05, 4.69) is 20.1 Å². The molecule has 0 aliphatic carbocycles. The molecule has 0 spiro atoms. The largest absolute Gasteiger partial charge is 0.459 e. The van der Waals surface area contributed by atoms with Crippen LogP contribution < -0.4 is 4.90 Å². The van der Waals surface area contributed by atoms with Gasteiger partial charge < -0.3 is 9.64 Å². The third kappa shape index (κ3) is 3.09. The van der Waals surface area contributed by atoms with Gasteiger partial charge in [0.1, 0.15) is 11.5 Å². The molecular formula is C15H18N4O2S. The third-order valence-corrected chi connectivity index (χ3v) is 4.70. The summed E-state index contributed by atoms with van der Waals surface area (Å²) >= 11 is 1.32. The van der Waals surface area contributed by atoms with Crippen molar-refractivity contribution in [2.45, 2.75) is 32.7 Å². The molecular weight excluding hydrogens is 300 g/mol. The lowest BCUT2D eigenvalue weighted by Crippen LogP contribution is -2.34. The zero-order valence-corrected chi connectivity index (χ0v) is 13.5. The van der Waals surface area contributed by atoms with E-state index in [4.69, 9.17) is 4.74 Å². The monoisotopic (exact) mass is 318 g/mol. The average molecular weight is 318 g/mol. The third-order valence-electron chi connectivity index (χ3n) is 3.79. The lowest BCUT2D eigenvalue weighted by Gasteiger charge is -2.24. The van der Waals surface area contributed by atoms with E-state index < -0.39 is 0 Å². The molecule has 22 heavy (non-hydrogen) atoms. The van der Waals surface area contributed by atoms with Crippen molar-refractivity contribution in [3.05, 3.63) is 33.9 Å². The minimum Gasteiger partial charge on any atom is -0.459 e. The summed E-state index contributed by atoms with van der Waals surface area (Å²) in [6, 6.07) is 4.08. The van der Waals surface area contributed by atoms with E-state index in [1.165, 1.54) is 11.3 Å². The maximum absolute atomic E-state index is 12.1. The smallest absolute Gasteiger partial charge is 0.350 e. The van der Waals surface area contributed by atoms with Crippen LogP contribution >= 0.6 is 11.3 Å². The van der Waals surface area contributed by atoms with Gasteiger partial charge in [0.15, 0.2) is 5.82 Å². The first kappa shape index (κ1) is 14.9. The summed E-state index contributed by atoms with van der Waals surface area (Å²) in [4.78, 5) is 18.9. The van der Waals surface area contributed by atoms with E-state index in [0.717, 1.165) is 36.6 Å². The van der Waals surface area contributed by atoms with E-state index in [9.17, 15) is 4.79 Å². The molecule has 0 amide bonds. The molecule has 2 aromatic rings. The molecule has 1 aliphatic heterocycles. The van der Waals surface area contributed by atoms with Gasteiger partial charge in [-0.1, -0.05) is 0 Å². The van der Waals surface area contributed by atoms with Crippen LogP contribution in [0.5, 0.6) is 0 Å². The summed E-state index contributed by atoms with van der Waals surface area (Å²) in [5.41, 5.74) is 3.28. The molecule has 1 aliphatic rings. The highest BCUT2D eigenvalue weighted by Gasteiger charge is 2.27. The van der Waals surface area contributed by atoms with E-state index in [1.54, 1.807) is 5.51 Å². The summed E-state index contributed by atoms with van der Waals surface area (Å²) in [6.45, 7) is 5.01. The Hall–Kier alpha value is -2.02. The molecule has 3 heterocycles. The summed E-state index contributed by atoms with van der Waals surface area (Å²) in [5.74, 6) is 0.556. The Kier molecular flexibility index (Phi) is 4.33. The van der Waals surface area contributed by atoms with Crippen molar-refractivity contribution in [2.24, 2.45) is 0 Å². The van der Waals surface area contributed by atoms with Crippen molar-refractivity contribution >= 4 is 23.1 Å². The molecule has 0 N–H and O–H groups in total. The predicted molar refractivity (Wildman–Crippen MR) is 84.3 cm³/mol. The van der Waals surface area contributed by atoms with Crippen molar-refractivity contribution < 1.29 is 9.53 Å². The standard InChI is InChI=1S/C15H18N4O2S/c1-10-5-6-13(18-17-10)19-7-3-4-12(19)8-21-15(20)14-11(2)16-9-22-14/h5-6,9,12H,3-4,7-8H2,1-2H3/t12-/m1/s1. The molecule has 2 aromatic heterocycles. The average Bonchev–Trinajstić information content (AvgIpc) is 3.14. The SMILES string of the molecule is Cc1ccc(N2CCC[C@@H]2COC(=O)c2scnc2C)nn1. The Morgan fingerprint density at radius 2 is 2.27 bits per heavy atom. The molecule has 1 saturated heterocycles. The number of thiazole rings is 1. The molecule has 7 heteroatoms. The second-order valence-corrected chi connectivity index (χ2v) is 6.24. The van der Waals surface area contributed by atoms with Gasteiger partial charge in [0.2, 0.25) is 0 Å². The Morgan fingerprint density at radius 1 is 1.41 bits per heavy atom. The maximum Gasteiger partial charge on any atom is 0.350 e. The lowest BCUT2D eigenvalue weighted by molar-refractivity contribution is 0.0487. The number of rotatable bonds is 4. The Balaban J connectivity index is 1.63. The second kappa shape index (κ2) is 6.39. The quantitative estimate of drug-likeness (QED) is 0.806. The van der Waals surface area contributed by atoms with Crippen LogP contribution in [-0.4, -0.2) is 40.3 Å². The van der Waals surface area contributed by atoms with Crippen molar-refractivity contribution in [2.75, 3.05) is 18.1 Å². The van der Waals surface area contributed by atoms with Crippen molar-refractivity contribution in [1.82, 2.24) is 15.2 Å². The molecule has 3 rings (SSSR count). The van der Waals surface area contributed by atoms with Gasteiger partial charge in [0.25, 0.3) is 0 Å². The number of aryl methyl sites for hydroxylation is 2. The van der Waals surface area contributed by atoms with Crippen molar-refractivity contribution in [1.29, 1.82) is 0 Å². The summed E-state index contributed by atoms with van der Waals surface area (Å²) < 4.78 is 5.47. The fourth-order valence-electron chi connectivity index (χ4n) is 2.59. The Morgan fingerprint density at radius 3 is 2.95 bits per heavy atom. The first-order chi connectivity index (χ1) is 10.6. The van der Waals surface area contributed by atoms with Crippen LogP contribution in [0.4, 0.5) is 5.82 Å². The predicted octanol–water partition coefficient (Wildman–Crippen LogP) is 2.38. The van der Waals surface area contributed by atoms with Gasteiger partial charge in [0.05, 0.1) is 22.9 Å². The van der Waals surface area contributed by atoms with Crippen LogP contribution in [0.25, 0.3) is 0 Å². The minimum absolute atomic E-state index is 0.161. The molecule has 1 atom stereocenters. The number of ether oxygens (including phenoxy) is 1. The maximum atomic E-state index is 12.1. The number of esters is 1. The zero-order valence-electron chi connectivity index (χ0n) is 12.7. The lowest BCUT2D eigenvalue weighted by atomic mass is 10.2. The van der Waals surface area contributed by atoms with E-state index in [-0.39, 0.29) is 12.0 Å². The van der Waals surface area contributed by atoms with Crippen LogP contribution in [-0.2, 0) is 4.74 Å². The first-order valence-electron chi connectivity index (χ1n) is 7.29. The van der Waals surface area contributed by atoms with Crippen molar-refractivity contribution in [3.63, 3.8) is 0 Å². The molecule has 0 radical (unpaired) electrons. The number of nitrogens with zero attached hydrogens (tertiary/aromatic N) is 4. The van der Waals surface area contributed by atoms with Gasteiger partial charge in [0, 0.05) is 6.54 Å². The van der Waals surface area contributed by atoms with Gasteiger partial charge in [-0.25, -0.2) is 9.78 Å². The van der Waals surface area contributed by atoms with Gasteiger partial charge in [-0.3, -0.25) is 0 Å². The Labute approximate surface area is 133 Å². The highest BCUT2D eigenvalue weighted by Crippen LogP contribution is 2.24. The van der Waals surface area contributed by atoms with Gasteiger partial charge in [-0.05, 0) is 38.8 Å². The summed E-state index contributed by atoms with van der Waals surface area (Å²) in [6.07, 6.45) is 2.06. The molecule has 0 unspecified atom stereocenters. The van der Waals surface area contributed by atoms with Crippen molar-refractivity contribution in [3.8, 4) is 0 Å². The fraction of sp³-hybridized carbons (Fsp3) is 0.467. The Bertz CT molecular complexity index is 656. The molecule has 0 aromatic carbocycles. The molecule has 0 saturated carbocycles. The number of hydrogen-bond acceptors (Lipinski definition) is 7. The number of anilines is 1. The first-order valence-corrected chi connectivity index (χ1v) is 8.17. The highest BCUT2D eigenvalue weighted by molar-refractivity contribution is 7.11. The van der Waals surface area contributed by atoms with Gasteiger partial charge >= 0.3 is 5.97 Å². The fourth-order valence-corrected chi connectivity index (χ4v) is 3.29. The number of carbonyl (C=O) groups excluding carboxylic acids is 1. The van der Waals surface area contributed by atoms with E-state index in [1.807, 2.05) is 26.0 Å². The topological polar surface area (TPSA) is 68.2 Å². The van der Waals surface area contributed by atoms with Crippen LogP contribution in [0.15, 0.2) is 17.6 Å². The van der Waals surface area contributed by atoms with Crippen LogP contribution in [0, 0.1) is 13.8 Å². The van der Waals surface area contributed by atoms with E-state index in [0.29, 0.717) is 11.5 Å². The van der Waals surface area contributed by atoms with Crippen LogP contribution in [0.3, 0.4) is 0 Å². The van der Waals surface area contributed by atoms with Gasteiger partial charge in [-0.15, -0.1) is 16.4 Å². The highest BCUT2D eigenvalue weighted by atomic mass is 32.1. The summed E-state index contributed by atoms with van der Waals surface area (Å²) in [7, 11) is 0. The molecule has 1 fully saturated rings. The molecule has 116 valence electrons. The molecule has 6 nitrogen and oxygen atoms in total. The number of aromatic nitrogens is 3. The second-order valence-electron chi connectivity index (χ2n) is 5.39. The summed E-state index contributed by atoms with van der Waals surface area (Å²) in [5, 5.41) is 8.33. The van der Waals surface area contributed by atoms with E-state index >= 15 is 0 Å². The van der Waals surface area contributed by atoms with Crippen LogP contribution in [0.2, 0.25) is 0 Å². The zero-order chi connectivity index (χ0) is 15.5. The normalized spacial score (nSPS) is 17.7. The number of hydrogen-bond donors (Lipinski definition) is 0.